The van der Waals surface area contributed by atoms with Gasteiger partial charge in [0.25, 0.3) is 0 Å². The first kappa shape index (κ1) is 24.9. The highest BCUT2D eigenvalue weighted by Crippen LogP contribution is 2.38. The van der Waals surface area contributed by atoms with E-state index < -0.39 is 0 Å². The van der Waals surface area contributed by atoms with Crippen LogP contribution in [0.15, 0.2) is 53.0 Å². The van der Waals surface area contributed by atoms with Crippen molar-refractivity contribution in [3.05, 3.63) is 80.9 Å². The second-order valence-electron chi connectivity index (χ2n) is 9.20. The molecule has 36 heavy (non-hydrogen) atoms. The van der Waals surface area contributed by atoms with Crippen molar-refractivity contribution in [3.63, 3.8) is 0 Å². The molecule has 0 saturated carbocycles. The van der Waals surface area contributed by atoms with E-state index in [0.717, 1.165) is 43.6 Å². The Hall–Kier alpha value is -2.74. The van der Waals surface area contributed by atoms with Gasteiger partial charge < -0.3 is 0 Å². The van der Waals surface area contributed by atoms with Crippen LogP contribution in [0.25, 0.3) is 32.9 Å². The van der Waals surface area contributed by atoms with E-state index in [9.17, 15) is 4.39 Å². The summed E-state index contributed by atoms with van der Waals surface area (Å²) in [7, 11) is 0. The molecule has 0 atom stereocenters. The van der Waals surface area contributed by atoms with E-state index in [2.05, 4.69) is 72.1 Å². The number of pyridine rings is 1. The van der Waals surface area contributed by atoms with Crippen molar-refractivity contribution in [2.45, 2.75) is 51.6 Å². The molecule has 0 radical (unpaired) electrons. The first-order chi connectivity index (χ1) is 17.2. The minimum atomic E-state index is -0.305. The van der Waals surface area contributed by atoms with Crippen LogP contribution in [0.5, 0.6) is 0 Å². The Morgan fingerprint density at radius 3 is 2.53 bits per heavy atom. The number of hydrogen-bond acceptors (Lipinski definition) is 5. The summed E-state index contributed by atoms with van der Waals surface area (Å²) in [5, 5.41) is 13.5. The van der Waals surface area contributed by atoms with E-state index in [4.69, 9.17) is 16.6 Å². The van der Waals surface area contributed by atoms with E-state index in [-0.39, 0.29) is 11.9 Å². The van der Waals surface area contributed by atoms with Gasteiger partial charge in [0.05, 0.1) is 21.1 Å². The number of hydrogen-bond donors (Lipinski definition) is 0. The zero-order chi connectivity index (χ0) is 25.6. The summed E-state index contributed by atoms with van der Waals surface area (Å²) in [5.74, 6) is 0.838. The standard InChI is InChI=1S/C28H26ClFN4S2/c1-15(2)34-27(32-33-28(34)36-14-21-22(30)9-8-16(3)26(21)29)20-13-24(25-7-6-10-35-25)31-23-12-18(5)17(4)11-19(20)23/h6-13,15H,14H2,1-5H3. The van der Waals surface area contributed by atoms with Crippen molar-refractivity contribution in [1.82, 2.24) is 19.7 Å². The molecule has 0 aliphatic carbocycles. The number of rotatable bonds is 6. The third-order valence-electron chi connectivity index (χ3n) is 6.34. The number of aryl methyl sites for hydroxylation is 3. The van der Waals surface area contributed by atoms with Gasteiger partial charge >= 0.3 is 0 Å². The second kappa shape index (κ2) is 9.96. The molecule has 0 aliphatic heterocycles. The summed E-state index contributed by atoms with van der Waals surface area (Å²) in [5.41, 5.74) is 6.57. The molecule has 0 spiro atoms. The number of halogens is 2. The Labute approximate surface area is 223 Å². The van der Waals surface area contributed by atoms with Crippen molar-refractivity contribution >= 4 is 45.6 Å². The maximum absolute atomic E-state index is 14.5. The van der Waals surface area contributed by atoms with Gasteiger partial charge in [0.15, 0.2) is 11.0 Å². The van der Waals surface area contributed by atoms with Crippen molar-refractivity contribution in [3.8, 4) is 22.0 Å². The lowest BCUT2D eigenvalue weighted by Gasteiger charge is -2.16. The molecule has 3 aromatic heterocycles. The van der Waals surface area contributed by atoms with Gasteiger partial charge in [-0.1, -0.05) is 35.5 Å². The van der Waals surface area contributed by atoms with E-state index >= 15 is 0 Å². The highest BCUT2D eigenvalue weighted by molar-refractivity contribution is 7.98. The smallest absolute Gasteiger partial charge is 0.192 e. The Morgan fingerprint density at radius 1 is 1.03 bits per heavy atom. The third kappa shape index (κ3) is 4.56. The molecule has 0 saturated heterocycles. The Kier molecular flexibility index (Phi) is 6.90. The van der Waals surface area contributed by atoms with Gasteiger partial charge in [0, 0.05) is 28.3 Å². The van der Waals surface area contributed by atoms with Gasteiger partial charge in [-0.3, -0.25) is 4.57 Å². The van der Waals surface area contributed by atoms with Crippen LogP contribution in [0.2, 0.25) is 5.02 Å². The molecule has 3 heterocycles. The Morgan fingerprint density at radius 2 is 1.81 bits per heavy atom. The van der Waals surface area contributed by atoms with Gasteiger partial charge in [-0.05, 0) is 87.0 Å². The SMILES string of the molecule is Cc1cc2nc(-c3cccs3)cc(-c3nnc(SCc4c(F)ccc(C)c4Cl)n3C(C)C)c2cc1C. The Balaban J connectivity index is 1.64. The zero-order valence-electron chi connectivity index (χ0n) is 20.8. The van der Waals surface area contributed by atoms with Crippen LogP contribution < -0.4 is 0 Å². The first-order valence-electron chi connectivity index (χ1n) is 11.7. The van der Waals surface area contributed by atoms with Crippen molar-refractivity contribution in [2.75, 3.05) is 0 Å². The molecule has 0 unspecified atom stereocenters. The molecule has 5 rings (SSSR count). The molecule has 0 aliphatic rings. The van der Waals surface area contributed by atoms with Gasteiger partial charge in [-0.25, -0.2) is 9.37 Å². The van der Waals surface area contributed by atoms with Crippen molar-refractivity contribution in [1.29, 1.82) is 0 Å². The van der Waals surface area contributed by atoms with Gasteiger partial charge in [0.1, 0.15) is 5.82 Å². The van der Waals surface area contributed by atoms with Crippen molar-refractivity contribution in [2.24, 2.45) is 0 Å². The molecular formula is C28H26ClFN4S2. The Bertz CT molecular complexity index is 1580. The summed E-state index contributed by atoms with van der Waals surface area (Å²) in [6.07, 6.45) is 0. The van der Waals surface area contributed by atoms with E-state index in [0.29, 0.717) is 16.3 Å². The maximum atomic E-state index is 14.5. The lowest BCUT2D eigenvalue weighted by Crippen LogP contribution is -2.06. The van der Waals surface area contributed by atoms with Gasteiger partial charge in [0.2, 0.25) is 0 Å². The predicted octanol–water partition coefficient (Wildman–Crippen LogP) is 8.81. The zero-order valence-corrected chi connectivity index (χ0v) is 23.2. The van der Waals surface area contributed by atoms with Crippen LogP contribution in [-0.2, 0) is 5.75 Å². The third-order valence-corrected chi connectivity index (χ3v) is 8.73. The van der Waals surface area contributed by atoms with Gasteiger partial charge in [-0.2, -0.15) is 0 Å². The molecule has 0 bridgehead atoms. The molecule has 8 heteroatoms. The molecule has 0 amide bonds. The summed E-state index contributed by atoms with van der Waals surface area (Å²) >= 11 is 9.53. The minimum absolute atomic E-state index is 0.0928. The number of aromatic nitrogens is 4. The molecule has 184 valence electrons. The normalized spacial score (nSPS) is 11.7. The summed E-state index contributed by atoms with van der Waals surface area (Å²) < 4.78 is 16.7. The van der Waals surface area contributed by atoms with E-state index in [1.54, 1.807) is 17.4 Å². The molecular weight excluding hydrogens is 511 g/mol. The number of thioether (sulfide) groups is 1. The maximum Gasteiger partial charge on any atom is 0.192 e. The first-order valence-corrected chi connectivity index (χ1v) is 14.0. The topological polar surface area (TPSA) is 43.6 Å². The molecule has 2 aromatic carbocycles. The van der Waals surface area contributed by atoms with E-state index in [1.807, 2.05) is 13.0 Å². The van der Waals surface area contributed by atoms with Crippen LogP contribution in [-0.4, -0.2) is 19.7 Å². The number of benzene rings is 2. The van der Waals surface area contributed by atoms with E-state index in [1.165, 1.54) is 29.0 Å². The summed E-state index contributed by atoms with van der Waals surface area (Å²) in [4.78, 5) is 6.09. The molecule has 4 nitrogen and oxygen atoms in total. The highest BCUT2D eigenvalue weighted by atomic mass is 35.5. The highest BCUT2D eigenvalue weighted by Gasteiger charge is 2.22. The lowest BCUT2D eigenvalue weighted by molar-refractivity contribution is 0.555. The fourth-order valence-electron chi connectivity index (χ4n) is 4.23. The average molecular weight is 537 g/mol. The summed E-state index contributed by atoms with van der Waals surface area (Å²) in [6, 6.07) is 13.8. The minimum Gasteiger partial charge on any atom is -0.299 e. The quantitative estimate of drug-likeness (QED) is 0.203. The average Bonchev–Trinajstić information content (AvgIpc) is 3.52. The fraction of sp³-hybridized carbons (Fsp3) is 0.250. The number of thiophene rings is 1. The number of fused-ring (bicyclic) bond motifs is 1. The largest absolute Gasteiger partial charge is 0.299 e. The second-order valence-corrected chi connectivity index (χ2v) is 11.5. The van der Waals surface area contributed by atoms with Crippen LogP contribution in [0, 0.1) is 26.6 Å². The predicted molar refractivity (Wildman–Crippen MR) is 150 cm³/mol. The van der Waals surface area contributed by atoms with Crippen LogP contribution >= 0.6 is 34.7 Å². The van der Waals surface area contributed by atoms with Crippen LogP contribution in [0.4, 0.5) is 4.39 Å². The summed E-state index contributed by atoms with van der Waals surface area (Å²) in [6.45, 7) is 10.3. The monoisotopic (exact) mass is 536 g/mol. The van der Waals surface area contributed by atoms with Crippen LogP contribution in [0.3, 0.4) is 0 Å². The van der Waals surface area contributed by atoms with Crippen molar-refractivity contribution < 1.29 is 4.39 Å². The molecule has 0 N–H and O–H groups in total. The number of nitrogens with zero attached hydrogens (tertiary/aromatic N) is 4. The fourth-order valence-corrected chi connectivity index (χ4v) is 6.31. The van der Waals surface area contributed by atoms with Gasteiger partial charge in [-0.15, -0.1) is 21.5 Å². The molecule has 5 aromatic rings. The van der Waals surface area contributed by atoms with Crippen LogP contribution in [0.1, 0.15) is 42.1 Å². The lowest BCUT2D eigenvalue weighted by atomic mass is 10.0. The molecule has 0 fully saturated rings.